The molecule has 1 aromatic carbocycles. The molecule has 0 fully saturated rings. The Morgan fingerprint density at radius 1 is 1.33 bits per heavy atom. The van der Waals surface area contributed by atoms with Gasteiger partial charge in [-0.2, -0.15) is 11.8 Å². The summed E-state index contributed by atoms with van der Waals surface area (Å²) in [6, 6.07) is 6.29. The Labute approximate surface area is 114 Å². The van der Waals surface area contributed by atoms with Crippen molar-refractivity contribution >= 4 is 23.1 Å². The minimum absolute atomic E-state index is 0.136. The minimum Gasteiger partial charge on any atom is -0.489 e. The number of anilines is 2. The topological polar surface area (TPSA) is 47.3 Å². The number of thioether (sulfide) groups is 1. The second-order valence-corrected chi connectivity index (χ2v) is 5.70. The maximum absolute atomic E-state index is 6.12. The van der Waals surface area contributed by atoms with E-state index in [4.69, 9.17) is 10.5 Å². The van der Waals surface area contributed by atoms with Crippen molar-refractivity contribution in [2.45, 2.75) is 39.3 Å². The zero-order valence-corrected chi connectivity index (χ0v) is 12.5. The summed E-state index contributed by atoms with van der Waals surface area (Å²) < 4.78 is 5.68. The lowest BCUT2D eigenvalue weighted by Gasteiger charge is -2.19. The largest absolute Gasteiger partial charge is 0.489 e. The zero-order valence-electron chi connectivity index (χ0n) is 11.7. The summed E-state index contributed by atoms with van der Waals surface area (Å²) in [5, 5.41) is 3.44. The van der Waals surface area contributed by atoms with E-state index in [-0.39, 0.29) is 6.10 Å². The van der Waals surface area contributed by atoms with Crippen LogP contribution in [0.25, 0.3) is 0 Å². The molecule has 0 aliphatic heterocycles. The average Bonchev–Trinajstić information content (AvgIpc) is 2.31. The van der Waals surface area contributed by atoms with Gasteiger partial charge in [-0.05, 0) is 51.3 Å². The fourth-order valence-corrected chi connectivity index (χ4v) is 2.25. The molecule has 0 saturated heterocycles. The van der Waals surface area contributed by atoms with E-state index in [2.05, 4.69) is 18.5 Å². The summed E-state index contributed by atoms with van der Waals surface area (Å²) in [6.07, 6.45) is 3.38. The highest BCUT2D eigenvalue weighted by Gasteiger charge is 2.09. The lowest BCUT2D eigenvalue weighted by molar-refractivity contribution is 0.244. The van der Waals surface area contributed by atoms with Crippen molar-refractivity contribution < 1.29 is 4.74 Å². The molecule has 18 heavy (non-hydrogen) atoms. The van der Waals surface area contributed by atoms with Gasteiger partial charge in [-0.25, -0.2) is 0 Å². The van der Waals surface area contributed by atoms with Gasteiger partial charge in [0.05, 0.1) is 17.5 Å². The van der Waals surface area contributed by atoms with Gasteiger partial charge in [0.2, 0.25) is 0 Å². The standard InChI is InChI=1S/C14H24N2OS/c1-10(2)17-13-7-5-6-12(14(13)15)16-11(3)8-9-18-4/h5-7,10-11,16H,8-9,15H2,1-4H3. The van der Waals surface area contributed by atoms with E-state index in [1.807, 2.05) is 43.8 Å². The predicted molar refractivity (Wildman–Crippen MR) is 82.7 cm³/mol. The molecule has 0 radical (unpaired) electrons. The molecule has 3 N–H and O–H groups in total. The van der Waals surface area contributed by atoms with Crippen LogP contribution >= 0.6 is 11.8 Å². The van der Waals surface area contributed by atoms with Crippen LogP contribution in [-0.4, -0.2) is 24.2 Å². The van der Waals surface area contributed by atoms with Crippen LogP contribution in [-0.2, 0) is 0 Å². The van der Waals surface area contributed by atoms with Crippen LogP contribution in [0.2, 0.25) is 0 Å². The lowest BCUT2D eigenvalue weighted by atomic mass is 10.2. The van der Waals surface area contributed by atoms with Gasteiger partial charge >= 0.3 is 0 Å². The SMILES string of the molecule is CSCCC(C)Nc1cccc(OC(C)C)c1N. The number of nitrogen functional groups attached to an aromatic ring is 1. The van der Waals surface area contributed by atoms with Gasteiger partial charge in [0.1, 0.15) is 5.75 Å². The number of nitrogens with two attached hydrogens (primary N) is 1. The molecular weight excluding hydrogens is 244 g/mol. The Hall–Kier alpha value is -1.03. The first-order valence-electron chi connectivity index (χ1n) is 6.35. The summed E-state index contributed by atoms with van der Waals surface area (Å²) >= 11 is 1.86. The molecule has 0 heterocycles. The van der Waals surface area contributed by atoms with Gasteiger partial charge in [-0.1, -0.05) is 6.07 Å². The second-order valence-electron chi connectivity index (χ2n) is 4.71. The van der Waals surface area contributed by atoms with Crippen molar-refractivity contribution in [2.24, 2.45) is 0 Å². The highest BCUT2D eigenvalue weighted by molar-refractivity contribution is 7.98. The van der Waals surface area contributed by atoms with Crippen LogP contribution in [0, 0.1) is 0 Å². The maximum atomic E-state index is 6.12. The Balaban J connectivity index is 2.71. The van der Waals surface area contributed by atoms with Gasteiger partial charge < -0.3 is 15.8 Å². The van der Waals surface area contributed by atoms with Gasteiger partial charge in [0.25, 0.3) is 0 Å². The minimum atomic E-state index is 0.136. The van der Waals surface area contributed by atoms with E-state index in [0.29, 0.717) is 11.7 Å². The van der Waals surface area contributed by atoms with Gasteiger partial charge in [-0.15, -0.1) is 0 Å². The molecule has 1 aromatic rings. The number of benzene rings is 1. The van der Waals surface area contributed by atoms with Gasteiger partial charge in [0.15, 0.2) is 0 Å². The predicted octanol–water partition coefficient (Wildman–Crippen LogP) is 3.61. The molecule has 0 spiro atoms. The molecule has 1 unspecified atom stereocenters. The number of hydrogen-bond acceptors (Lipinski definition) is 4. The first-order chi connectivity index (χ1) is 8.54. The van der Waals surface area contributed by atoms with E-state index < -0.39 is 0 Å². The van der Waals surface area contributed by atoms with Crippen LogP contribution in [0.4, 0.5) is 11.4 Å². The lowest BCUT2D eigenvalue weighted by Crippen LogP contribution is -2.17. The normalized spacial score (nSPS) is 12.5. The molecule has 0 aliphatic carbocycles. The van der Waals surface area contributed by atoms with Crippen molar-refractivity contribution in [3.63, 3.8) is 0 Å². The average molecular weight is 268 g/mol. The highest BCUT2D eigenvalue weighted by atomic mass is 32.2. The van der Waals surface area contributed by atoms with Crippen LogP contribution in [0.1, 0.15) is 27.2 Å². The van der Waals surface area contributed by atoms with Crippen molar-refractivity contribution in [1.29, 1.82) is 0 Å². The van der Waals surface area contributed by atoms with Crippen LogP contribution < -0.4 is 15.8 Å². The molecule has 0 saturated carbocycles. The Morgan fingerprint density at radius 3 is 2.67 bits per heavy atom. The third-order valence-electron chi connectivity index (χ3n) is 2.59. The molecule has 0 bridgehead atoms. The van der Waals surface area contributed by atoms with Crippen LogP contribution in [0.15, 0.2) is 18.2 Å². The summed E-state index contributed by atoms with van der Waals surface area (Å²) in [7, 11) is 0. The number of hydrogen-bond donors (Lipinski definition) is 2. The summed E-state index contributed by atoms with van der Waals surface area (Å²) in [5.74, 6) is 1.91. The van der Waals surface area contributed by atoms with E-state index in [1.54, 1.807) is 0 Å². The summed E-state index contributed by atoms with van der Waals surface area (Å²) in [4.78, 5) is 0. The Morgan fingerprint density at radius 2 is 2.06 bits per heavy atom. The highest BCUT2D eigenvalue weighted by Crippen LogP contribution is 2.30. The monoisotopic (exact) mass is 268 g/mol. The molecule has 1 rings (SSSR count). The smallest absolute Gasteiger partial charge is 0.144 e. The van der Waals surface area contributed by atoms with Gasteiger partial charge in [-0.3, -0.25) is 0 Å². The fraction of sp³-hybridized carbons (Fsp3) is 0.571. The van der Waals surface area contributed by atoms with Crippen LogP contribution in [0.5, 0.6) is 5.75 Å². The van der Waals surface area contributed by atoms with E-state index in [1.165, 1.54) is 0 Å². The Kier molecular flexibility index (Phi) is 6.19. The molecular formula is C14H24N2OS. The van der Waals surface area contributed by atoms with Crippen molar-refractivity contribution in [1.82, 2.24) is 0 Å². The van der Waals surface area contributed by atoms with Crippen LogP contribution in [0.3, 0.4) is 0 Å². The Bertz CT molecular complexity index is 369. The number of ether oxygens (including phenoxy) is 1. The molecule has 4 heteroatoms. The molecule has 0 aliphatic rings. The third-order valence-corrected chi connectivity index (χ3v) is 3.23. The zero-order chi connectivity index (χ0) is 13.5. The third kappa shape index (κ3) is 4.69. The van der Waals surface area contributed by atoms with E-state index in [0.717, 1.165) is 23.6 Å². The summed E-state index contributed by atoms with van der Waals surface area (Å²) in [6.45, 7) is 6.17. The molecule has 1 atom stereocenters. The van der Waals surface area contributed by atoms with E-state index >= 15 is 0 Å². The first-order valence-corrected chi connectivity index (χ1v) is 7.74. The van der Waals surface area contributed by atoms with Crippen molar-refractivity contribution in [3.05, 3.63) is 18.2 Å². The summed E-state index contributed by atoms with van der Waals surface area (Å²) in [5.41, 5.74) is 7.77. The van der Waals surface area contributed by atoms with Gasteiger partial charge in [0, 0.05) is 6.04 Å². The number of para-hydroxylation sites is 1. The molecule has 0 aromatic heterocycles. The quantitative estimate of drug-likeness (QED) is 0.742. The van der Waals surface area contributed by atoms with Crippen molar-refractivity contribution in [2.75, 3.05) is 23.1 Å². The number of nitrogens with one attached hydrogen (secondary N) is 1. The number of rotatable bonds is 7. The van der Waals surface area contributed by atoms with Crippen molar-refractivity contribution in [3.8, 4) is 5.75 Å². The first kappa shape index (κ1) is 15.0. The molecule has 102 valence electrons. The molecule has 0 amide bonds. The fourth-order valence-electron chi connectivity index (χ4n) is 1.66. The van der Waals surface area contributed by atoms with E-state index in [9.17, 15) is 0 Å². The molecule has 3 nitrogen and oxygen atoms in total. The second kappa shape index (κ2) is 7.41. The maximum Gasteiger partial charge on any atom is 0.144 e.